The van der Waals surface area contributed by atoms with Crippen molar-refractivity contribution in [2.75, 3.05) is 38.2 Å². The molecular formula is C12H16F3N5O2. The highest BCUT2D eigenvalue weighted by Crippen LogP contribution is 2.27. The van der Waals surface area contributed by atoms with Crippen LogP contribution in [-0.4, -0.2) is 54.8 Å². The number of anilines is 1. The second-order valence-corrected chi connectivity index (χ2v) is 4.56. The Kier molecular flexibility index (Phi) is 5.50. The topological polar surface area (TPSA) is 88.2 Å². The first-order chi connectivity index (χ1) is 10.5. The maximum Gasteiger partial charge on any atom is 0.433 e. The van der Waals surface area contributed by atoms with Gasteiger partial charge in [0.1, 0.15) is 11.7 Å². The normalized spacial score (nSPS) is 18.8. The Labute approximate surface area is 124 Å². The smallest absolute Gasteiger partial charge is 0.378 e. The monoisotopic (exact) mass is 319 g/mol. The van der Waals surface area contributed by atoms with E-state index >= 15 is 0 Å². The third-order valence-electron chi connectivity index (χ3n) is 2.89. The highest BCUT2D eigenvalue weighted by atomic mass is 19.4. The van der Waals surface area contributed by atoms with E-state index in [4.69, 9.17) is 4.74 Å². The molecule has 22 heavy (non-hydrogen) atoms. The van der Waals surface area contributed by atoms with Gasteiger partial charge in [-0.3, -0.25) is 4.79 Å². The van der Waals surface area contributed by atoms with E-state index in [0.29, 0.717) is 19.8 Å². The molecule has 1 aromatic rings. The van der Waals surface area contributed by atoms with Crippen molar-refractivity contribution in [3.8, 4) is 0 Å². The lowest BCUT2D eigenvalue weighted by atomic mass is 10.2. The zero-order chi connectivity index (χ0) is 16.0. The van der Waals surface area contributed by atoms with E-state index in [2.05, 4.69) is 25.9 Å². The van der Waals surface area contributed by atoms with Crippen LogP contribution in [0, 0.1) is 0 Å². The van der Waals surface area contributed by atoms with Crippen LogP contribution in [0.5, 0.6) is 0 Å². The number of aromatic nitrogens is 2. The molecule has 0 aliphatic carbocycles. The fourth-order valence-electron chi connectivity index (χ4n) is 1.82. The number of nitrogens with one attached hydrogen (secondary N) is 3. The summed E-state index contributed by atoms with van der Waals surface area (Å²) in [4.78, 5) is 18.8. The van der Waals surface area contributed by atoms with Crippen LogP contribution in [0.4, 0.5) is 19.1 Å². The van der Waals surface area contributed by atoms with Crippen molar-refractivity contribution in [3.63, 3.8) is 0 Å². The largest absolute Gasteiger partial charge is 0.433 e. The zero-order valence-electron chi connectivity index (χ0n) is 11.6. The summed E-state index contributed by atoms with van der Waals surface area (Å²) in [7, 11) is 0. The molecule has 1 atom stereocenters. The lowest BCUT2D eigenvalue weighted by Crippen LogP contribution is -2.51. The molecule has 122 valence electrons. The van der Waals surface area contributed by atoms with Gasteiger partial charge in [-0.05, 0) is 6.07 Å². The highest BCUT2D eigenvalue weighted by molar-refractivity contribution is 5.82. The van der Waals surface area contributed by atoms with E-state index < -0.39 is 17.9 Å². The summed E-state index contributed by atoms with van der Waals surface area (Å²) in [5, 5.41) is 8.27. The van der Waals surface area contributed by atoms with E-state index in [1.807, 2.05) is 0 Å². The SMILES string of the molecule is O=C(NCCNc1nccc(C(F)(F)F)n1)C1COCCN1. The molecule has 2 heterocycles. The van der Waals surface area contributed by atoms with Gasteiger partial charge < -0.3 is 20.7 Å². The number of hydrogen-bond donors (Lipinski definition) is 3. The number of carbonyl (C=O) groups excluding carboxylic acids is 1. The average Bonchev–Trinajstić information content (AvgIpc) is 2.52. The molecule has 7 nitrogen and oxygen atoms in total. The molecule has 0 aromatic carbocycles. The van der Waals surface area contributed by atoms with Gasteiger partial charge in [-0.15, -0.1) is 0 Å². The lowest BCUT2D eigenvalue weighted by Gasteiger charge is -2.22. The Bertz CT molecular complexity index is 506. The molecular weight excluding hydrogens is 303 g/mol. The van der Waals surface area contributed by atoms with Crippen molar-refractivity contribution in [1.82, 2.24) is 20.6 Å². The van der Waals surface area contributed by atoms with Crippen LogP contribution in [0.2, 0.25) is 0 Å². The van der Waals surface area contributed by atoms with Gasteiger partial charge >= 0.3 is 6.18 Å². The molecule has 2 rings (SSSR count). The summed E-state index contributed by atoms with van der Waals surface area (Å²) in [6, 6.07) is 0.389. The van der Waals surface area contributed by atoms with Crippen LogP contribution in [0.1, 0.15) is 5.69 Å². The van der Waals surface area contributed by atoms with Crippen molar-refractivity contribution in [3.05, 3.63) is 18.0 Å². The predicted molar refractivity (Wildman–Crippen MR) is 71.1 cm³/mol. The van der Waals surface area contributed by atoms with Crippen LogP contribution >= 0.6 is 0 Å². The van der Waals surface area contributed by atoms with Crippen molar-refractivity contribution >= 4 is 11.9 Å². The fraction of sp³-hybridized carbons (Fsp3) is 0.583. The molecule has 1 fully saturated rings. The number of rotatable bonds is 5. The zero-order valence-corrected chi connectivity index (χ0v) is 11.6. The minimum Gasteiger partial charge on any atom is -0.378 e. The number of hydrogen-bond acceptors (Lipinski definition) is 6. The first-order valence-corrected chi connectivity index (χ1v) is 6.70. The highest BCUT2D eigenvalue weighted by Gasteiger charge is 2.32. The van der Waals surface area contributed by atoms with E-state index in [9.17, 15) is 18.0 Å². The molecule has 1 aliphatic rings. The van der Waals surface area contributed by atoms with Crippen LogP contribution < -0.4 is 16.0 Å². The summed E-state index contributed by atoms with van der Waals surface area (Å²) in [6.07, 6.45) is -3.49. The molecule has 1 unspecified atom stereocenters. The fourth-order valence-corrected chi connectivity index (χ4v) is 1.82. The third kappa shape index (κ3) is 4.81. The Balaban J connectivity index is 1.73. The van der Waals surface area contributed by atoms with Crippen molar-refractivity contribution in [1.29, 1.82) is 0 Å². The maximum atomic E-state index is 12.5. The van der Waals surface area contributed by atoms with Gasteiger partial charge in [0.25, 0.3) is 0 Å². The standard InChI is InChI=1S/C12H16F3N5O2/c13-12(14,15)9-1-2-18-11(20-9)19-4-3-17-10(21)8-7-22-6-5-16-8/h1-2,8,16H,3-7H2,(H,17,21)(H,18,19,20). The third-order valence-corrected chi connectivity index (χ3v) is 2.89. The summed E-state index contributed by atoms with van der Waals surface area (Å²) < 4.78 is 42.6. The van der Waals surface area contributed by atoms with Crippen molar-refractivity contribution in [2.24, 2.45) is 0 Å². The van der Waals surface area contributed by atoms with Crippen LogP contribution in [0.3, 0.4) is 0 Å². The van der Waals surface area contributed by atoms with Gasteiger partial charge in [-0.25, -0.2) is 9.97 Å². The predicted octanol–water partition coefficient (Wildman–Crippen LogP) is 0.0119. The summed E-state index contributed by atoms with van der Waals surface area (Å²) in [6.45, 7) is 1.92. The van der Waals surface area contributed by atoms with Gasteiger partial charge in [0.05, 0.1) is 13.2 Å². The second kappa shape index (κ2) is 7.36. The van der Waals surface area contributed by atoms with Gasteiger partial charge in [0.2, 0.25) is 11.9 Å². The van der Waals surface area contributed by atoms with Gasteiger partial charge in [0, 0.05) is 25.8 Å². The summed E-state index contributed by atoms with van der Waals surface area (Å²) >= 11 is 0. The first-order valence-electron chi connectivity index (χ1n) is 6.70. The number of alkyl halides is 3. The Morgan fingerprint density at radius 2 is 2.27 bits per heavy atom. The molecule has 0 radical (unpaired) electrons. The summed E-state index contributed by atoms with van der Waals surface area (Å²) in [5.41, 5.74) is -1.02. The molecule has 0 saturated carbocycles. The van der Waals surface area contributed by atoms with Crippen LogP contribution in [0.25, 0.3) is 0 Å². The first kappa shape index (κ1) is 16.4. The van der Waals surface area contributed by atoms with E-state index in [1.165, 1.54) is 0 Å². The maximum absolute atomic E-state index is 12.5. The molecule has 10 heteroatoms. The number of ether oxygens (including phenoxy) is 1. The number of nitrogens with zero attached hydrogens (tertiary/aromatic N) is 2. The Morgan fingerprint density at radius 3 is 2.95 bits per heavy atom. The Hall–Kier alpha value is -1.94. The second-order valence-electron chi connectivity index (χ2n) is 4.56. The summed E-state index contributed by atoms with van der Waals surface area (Å²) in [5.74, 6) is -0.352. The van der Waals surface area contributed by atoms with E-state index in [0.717, 1.165) is 12.3 Å². The molecule has 3 N–H and O–H groups in total. The number of carbonyl (C=O) groups is 1. The minimum absolute atomic E-state index is 0.136. The minimum atomic E-state index is -4.51. The lowest BCUT2D eigenvalue weighted by molar-refractivity contribution is -0.141. The molecule has 0 bridgehead atoms. The molecule has 0 spiro atoms. The number of amides is 1. The number of morpholine rings is 1. The van der Waals surface area contributed by atoms with Crippen molar-refractivity contribution in [2.45, 2.75) is 12.2 Å². The van der Waals surface area contributed by atoms with Crippen LogP contribution in [0.15, 0.2) is 12.3 Å². The number of halogens is 3. The van der Waals surface area contributed by atoms with Crippen LogP contribution in [-0.2, 0) is 15.7 Å². The van der Waals surface area contributed by atoms with Crippen molar-refractivity contribution < 1.29 is 22.7 Å². The molecule has 1 aliphatic heterocycles. The molecule has 1 saturated heterocycles. The van der Waals surface area contributed by atoms with E-state index in [1.54, 1.807) is 0 Å². The average molecular weight is 319 g/mol. The van der Waals surface area contributed by atoms with Gasteiger partial charge in [-0.2, -0.15) is 13.2 Å². The Morgan fingerprint density at radius 1 is 1.45 bits per heavy atom. The van der Waals surface area contributed by atoms with Gasteiger partial charge in [0.15, 0.2) is 0 Å². The molecule has 1 aromatic heterocycles. The quantitative estimate of drug-likeness (QED) is 0.663. The van der Waals surface area contributed by atoms with Gasteiger partial charge in [-0.1, -0.05) is 0 Å². The van der Waals surface area contributed by atoms with E-state index in [-0.39, 0.29) is 24.9 Å². The molecule has 1 amide bonds.